The Balaban J connectivity index is 2.04. The van der Waals surface area contributed by atoms with Crippen LogP contribution in [0.25, 0.3) is 5.57 Å². The number of rotatable bonds is 2. The predicted molar refractivity (Wildman–Crippen MR) is 82.0 cm³/mol. The van der Waals surface area contributed by atoms with Crippen LogP contribution in [0.2, 0.25) is 0 Å². The van der Waals surface area contributed by atoms with Crippen LogP contribution in [0.3, 0.4) is 0 Å². The summed E-state index contributed by atoms with van der Waals surface area (Å²) in [6.45, 7) is 0. The summed E-state index contributed by atoms with van der Waals surface area (Å²) in [5.41, 5.74) is 4.14. The second-order valence-corrected chi connectivity index (χ2v) is 4.92. The van der Waals surface area contributed by atoms with Gasteiger partial charge in [-0.25, -0.2) is 0 Å². The first-order valence-electron chi connectivity index (χ1n) is 6.92. The van der Waals surface area contributed by atoms with Crippen molar-refractivity contribution in [2.75, 3.05) is 0 Å². The van der Waals surface area contributed by atoms with Gasteiger partial charge in [0.25, 0.3) is 0 Å². The topological polar surface area (TPSA) is 0 Å². The van der Waals surface area contributed by atoms with E-state index in [1.807, 2.05) is 0 Å². The molecule has 0 spiro atoms. The molecule has 0 nitrogen and oxygen atoms in total. The van der Waals surface area contributed by atoms with Crippen molar-refractivity contribution in [2.24, 2.45) is 0 Å². The average molecular weight is 246 g/mol. The molecular formula is C19H18. The van der Waals surface area contributed by atoms with Gasteiger partial charge < -0.3 is 0 Å². The van der Waals surface area contributed by atoms with Crippen LogP contribution in [0.1, 0.15) is 29.9 Å². The highest BCUT2D eigenvalue weighted by Gasteiger charge is 2.16. The van der Waals surface area contributed by atoms with Crippen LogP contribution < -0.4 is 0 Å². The normalized spacial score (nSPS) is 18.7. The molecule has 0 aromatic heterocycles. The van der Waals surface area contributed by atoms with Crippen molar-refractivity contribution in [1.29, 1.82) is 0 Å². The molecule has 0 bridgehead atoms. The molecule has 1 aliphatic rings. The molecule has 0 saturated carbocycles. The summed E-state index contributed by atoms with van der Waals surface area (Å²) in [5.74, 6) is 0.381. The highest BCUT2D eigenvalue weighted by molar-refractivity contribution is 5.73. The summed E-state index contributed by atoms with van der Waals surface area (Å²) in [6.07, 6.45) is 9.32. The molecule has 2 aromatic carbocycles. The van der Waals surface area contributed by atoms with Gasteiger partial charge in [-0.1, -0.05) is 78.9 Å². The van der Waals surface area contributed by atoms with E-state index in [1.54, 1.807) is 0 Å². The lowest BCUT2D eigenvalue weighted by Gasteiger charge is -2.17. The highest BCUT2D eigenvalue weighted by Crippen LogP contribution is 2.35. The van der Waals surface area contributed by atoms with Crippen LogP contribution in [0.4, 0.5) is 0 Å². The number of hydrogen-bond acceptors (Lipinski definition) is 0. The molecular weight excluding hydrogens is 228 g/mol. The minimum absolute atomic E-state index is 0.381. The fourth-order valence-corrected chi connectivity index (χ4v) is 2.68. The lowest BCUT2D eigenvalue weighted by atomic mass is 9.87. The Morgan fingerprint density at radius 1 is 0.737 bits per heavy atom. The Morgan fingerprint density at radius 3 is 2.16 bits per heavy atom. The van der Waals surface area contributed by atoms with E-state index in [4.69, 9.17) is 0 Å². The van der Waals surface area contributed by atoms with Crippen molar-refractivity contribution in [1.82, 2.24) is 0 Å². The molecule has 0 heterocycles. The maximum Gasteiger partial charge on any atom is 0.0272 e. The number of hydrogen-bond donors (Lipinski definition) is 0. The minimum atomic E-state index is 0.381. The van der Waals surface area contributed by atoms with Crippen molar-refractivity contribution in [2.45, 2.75) is 18.8 Å². The minimum Gasteiger partial charge on any atom is -0.0873 e. The van der Waals surface area contributed by atoms with E-state index in [0.717, 1.165) is 12.8 Å². The maximum atomic E-state index is 2.40. The summed E-state index contributed by atoms with van der Waals surface area (Å²) in [6, 6.07) is 21.5. The molecule has 94 valence electrons. The Labute approximate surface area is 115 Å². The second kappa shape index (κ2) is 5.71. The SMILES string of the molecule is C1=CC(c2ccccc2)C(c2ccccc2)=CCC1. The van der Waals surface area contributed by atoms with Gasteiger partial charge in [0.1, 0.15) is 0 Å². The number of benzene rings is 2. The molecule has 0 heteroatoms. The van der Waals surface area contributed by atoms with E-state index in [2.05, 4.69) is 78.9 Å². The van der Waals surface area contributed by atoms with Gasteiger partial charge >= 0.3 is 0 Å². The lowest BCUT2D eigenvalue weighted by molar-refractivity contribution is 1.06. The molecule has 1 aliphatic carbocycles. The smallest absolute Gasteiger partial charge is 0.0272 e. The fraction of sp³-hybridized carbons (Fsp3) is 0.158. The van der Waals surface area contributed by atoms with Crippen molar-refractivity contribution in [3.63, 3.8) is 0 Å². The van der Waals surface area contributed by atoms with Crippen molar-refractivity contribution in [3.05, 3.63) is 90.0 Å². The highest BCUT2D eigenvalue weighted by atomic mass is 14.2. The van der Waals surface area contributed by atoms with Crippen LogP contribution in [-0.4, -0.2) is 0 Å². The van der Waals surface area contributed by atoms with E-state index in [0.29, 0.717) is 5.92 Å². The monoisotopic (exact) mass is 246 g/mol. The molecule has 0 radical (unpaired) electrons. The molecule has 0 saturated heterocycles. The third kappa shape index (κ3) is 2.68. The molecule has 2 aromatic rings. The number of allylic oxidation sites excluding steroid dienone is 4. The molecule has 3 rings (SSSR count). The van der Waals surface area contributed by atoms with Crippen molar-refractivity contribution < 1.29 is 0 Å². The van der Waals surface area contributed by atoms with Crippen LogP contribution in [0.15, 0.2) is 78.9 Å². The lowest BCUT2D eigenvalue weighted by Crippen LogP contribution is -1.98. The van der Waals surface area contributed by atoms with E-state index in [1.165, 1.54) is 16.7 Å². The van der Waals surface area contributed by atoms with Gasteiger partial charge in [0.15, 0.2) is 0 Å². The first-order chi connectivity index (χ1) is 9.45. The second-order valence-electron chi connectivity index (χ2n) is 4.92. The Kier molecular flexibility index (Phi) is 3.60. The van der Waals surface area contributed by atoms with Gasteiger partial charge in [-0.15, -0.1) is 0 Å². The summed E-state index contributed by atoms with van der Waals surface area (Å²) in [7, 11) is 0. The quantitative estimate of drug-likeness (QED) is 0.638. The molecule has 0 aliphatic heterocycles. The van der Waals surface area contributed by atoms with Gasteiger partial charge in [0, 0.05) is 5.92 Å². The van der Waals surface area contributed by atoms with Crippen molar-refractivity contribution >= 4 is 5.57 Å². The first-order valence-corrected chi connectivity index (χ1v) is 6.92. The zero-order valence-electron chi connectivity index (χ0n) is 11.0. The van der Waals surface area contributed by atoms with Gasteiger partial charge in [0.2, 0.25) is 0 Å². The first kappa shape index (κ1) is 12.0. The van der Waals surface area contributed by atoms with Crippen LogP contribution in [0, 0.1) is 0 Å². The predicted octanol–water partition coefficient (Wildman–Crippen LogP) is 5.20. The molecule has 0 N–H and O–H groups in total. The Bertz CT molecular complexity index is 576. The van der Waals surface area contributed by atoms with Crippen LogP contribution >= 0.6 is 0 Å². The average Bonchev–Trinajstić information content (AvgIpc) is 2.75. The van der Waals surface area contributed by atoms with Gasteiger partial charge in [-0.2, -0.15) is 0 Å². The van der Waals surface area contributed by atoms with E-state index in [-0.39, 0.29) is 0 Å². The zero-order chi connectivity index (χ0) is 12.9. The van der Waals surface area contributed by atoms with E-state index < -0.39 is 0 Å². The van der Waals surface area contributed by atoms with Gasteiger partial charge in [0.05, 0.1) is 0 Å². The summed E-state index contributed by atoms with van der Waals surface area (Å²) in [4.78, 5) is 0. The summed E-state index contributed by atoms with van der Waals surface area (Å²) < 4.78 is 0. The van der Waals surface area contributed by atoms with Gasteiger partial charge in [-0.3, -0.25) is 0 Å². The zero-order valence-corrected chi connectivity index (χ0v) is 11.0. The third-order valence-corrected chi connectivity index (χ3v) is 3.63. The Morgan fingerprint density at radius 2 is 1.42 bits per heavy atom. The summed E-state index contributed by atoms with van der Waals surface area (Å²) in [5, 5.41) is 0. The molecule has 19 heavy (non-hydrogen) atoms. The van der Waals surface area contributed by atoms with E-state index in [9.17, 15) is 0 Å². The molecule has 0 fully saturated rings. The Hall–Kier alpha value is -2.08. The molecule has 1 atom stereocenters. The molecule has 1 unspecified atom stereocenters. The standard InChI is InChI=1S/C19H18/c1-4-10-16(11-5-1)18-14-8-3-9-15-19(18)17-12-6-2-7-13-17/h1-2,4-8,10-15,18H,3,9H2. The largest absolute Gasteiger partial charge is 0.0873 e. The molecule has 0 amide bonds. The van der Waals surface area contributed by atoms with Gasteiger partial charge in [-0.05, 0) is 29.5 Å². The summed E-state index contributed by atoms with van der Waals surface area (Å²) >= 11 is 0. The van der Waals surface area contributed by atoms with Crippen LogP contribution in [-0.2, 0) is 0 Å². The van der Waals surface area contributed by atoms with Crippen LogP contribution in [0.5, 0.6) is 0 Å². The maximum absolute atomic E-state index is 2.40. The van der Waals surface area contributed by atoms with Crippen molar-refractivity contribution in [3.8, 4) is 0 Å². The van der Waals surface area contributed by atoms with E-state index >= 15 is 0 Å². The fourth-order valence-electron chi connectivity index (χ4n) is 2.68. The third-order valence-electron chi connectivity index (χ3n) is 3.63.